The van der Waals surface area contributed by atoms with E-state index in [1.54, 1.807) is 0 Å². The standard InChI is InChI=1S/C8H14N2O6S/c1-10(6-2-3-17(14,15)5-6)8(13)9-16-4-7(11)12/h6H,2-5H2,1H3,(H,9,13)(H,11,12). The second-order valence-electron chi connectivity index (χ2n) is 3.76. The predicted octanol–water partition coefficient (Wildman–Crippen LogP) is -1.17. The van der Waals surface area contributed by atoms with Gasteiger partial charge in [-0.15, -0.1) is 0 Å². The Bertz CT molecular complexity index is 406. The molecule has 1 unspecified atom stereocenters. The molecule has 1 rings (SSSR count). The summed E-state index contributed by atoms with van der Waals surface area (Å²) in [7, 11) is -1.63. The van der Waals surface area contributed by atoms with Crippen molar-refractivity contribution >= 4 is 21.8 Å². The second kappa shape index (κ2) is 5.32. The summed E-state index contributed by atoms with van der Waals surface area (Å²) >= 11 is 0. The van der Waals surface area contributed by atoms with E-state index in [9.17, 15) is 18.0 Å². The Balaban J connectivity index is 2.40. The average molecular weight is 266 g/mol. The molecule has 1 aliphatic heterocycles. The van der Waals surface area contributed by atoms with Gasteiger partial charge >= 0.3 is 12.0 Å². The minimum atomic E-state index is -3.06. The van der Waals surface area contributed by atoms with Crippen LogP contribution in [-0.2, 0) is 19.5 Å². The fraction of sp³-hybridized carbons (Fsp3) is 0.750. The van der Waals surface area contributed by atoms with Crippen LogP contribution in [0.5, 0.6) is 0 Å². The Labute approximate surface area is 98.4 Å². The number of sulfone groups is 1. The van der Waals surface area contributed by atoms with E-state index in [0.29, 0.717) is 6.42 Å². The van der Waals surface area contributed by atoms with Gasteiger partial charge in [0.15, 0.2) is 16.4 Å². The lowest BCUT2D eigenvalue weighted by molar-refractivity contribution is -0.144. The molecule has 1 aliphatic rings. The smallest absolute Gasteiger partial charge is 0.341 e. The van der Waals surface area contributed by atoms with Gasteiger partial charge in [-0.2, -0.15) is 0 Å². The van der Waals surface area contributed by atoms with Crippen LogP contribution in [-0.4, -0.2) is 61.6 Å². The minimum absolute atomic E-state index is 0.0608. The number of carboxylic acids is 1. The molecule has 0 aliphatic carbocycles. The van der Waals surface area contributed by atoms with Crippen LogP contribution in [0.25, 0.3) is 0 Å². The molecule has 98 valence electrons. The van der Waals surface area contributed by atoms with Gasteiger partial charge in [-0.3, -0.25) is 4.84 Å². The number of amides is 2. The van der Waals surface area contributed by atoms with Crippen molar-refractivity contribution in [2.45, 2.75) is 12.5 Å². The molecule has 0 radical (unpaired) electrons. The number of urea groups is 1. The summed E-state index contributed by atoms with van der Waals surface area (Å²) in [6.07, 6.45) is 0.380. The zero-order valence-electron chi connectivity index (χ0n) is 9.25. The van der Waals surface area contributed by atoms with Crippen molar-refractivity contribution in [2.75, 3.05) is 25.2 Å². The highest BCUT2D eigenvalue weighted by Gasteiger charge is 2.32. The highest BCUT2D eigenvalue weighted by atomic mass is 32.2. The number of hydroxylamine groups is 1. The first-order chi connectivity index (χ1) is 7.82. The molecular weight excluding hydrogens is 252 g/mol. The quantitative estimate of drug-likeness (QED) is 0.620. The molecular formula is C8H14N2O6S. The molecule has 2 amide bonds. The van der Waals surface area contributed by atoms with Gasteiger partial charge in [-0.1, -0.05) is 0 Å². The number of rotatable bonds is 4. The molecule has 17 heavy (non-hydrogen) atoms. The zero-order valence-corrected chi connectivity index (χ0v) is 10.1. The van der Waals surface area contributed by atoms with Crippen LogP contribution in [0.3, 0.4) is 0 Å². The van der Waals surface area contributed by atoms with E-state index >= 15 is 0 Å². The number of nitrogens with one attached hydrogen (secondary N) is 1. The summed E-state index contributed by atoms with van der Waals surface area (Å²) < 4.78 is 22.4. The van der Waals surface area contributed by atoms with Gasteiger partial charge in [-0.25, -0.2) is 23.5 Å². The first kappa shape index (κ1) is 13.7. The third-order valence-corrected chi connectivity index (χ3v) is 4.18. The maximum absolute atomic E-state index is 11.4. The Hall–Kier alpha value is -1.35. The van der Waals surface area contributed by atoms with E-state index in [0.717, 1.165) is 0 Å². The van der Waals surface area contributed by atoms with E-state index in [1.165, 1.54) is 11.9 Å². The van der Waals surface area contributed by atoms with E-state index in [1.807, 2.05) is 5.48 Å². The third-order valence-electron chi connectivity index (χ3n) is 2.43. The van der Waals surface area contributed by atoms with Gasteiger partial charge in [-0.05, 0) is 6.42 Å². The maximum atomic E-state index is 11.4. The van der Waals surface area contributed by atoms with Crippen LogP contribution in [0.4, 0.5) is 4.79 Å². The fourth-order valence-corrected chi connectivity index (χ4v) is 3.25. The van der Waals surface area contributed by atoms with Crippen molar-refractivity contribution < 1.29 is 28.0 Å². The normalized spacial score (nSPS) is 22.1. The Kier molecular flexibility index (Phi) is 4.29. The molecule has 8 nitrogen and oxygen atoms in total. The maximum Gasteiger partial charge on any atom is 0.341 e. The molecule has 1 fully saturated rings. The highest BCUT2D eigenvalue weighted by molar-refractivity contribution is 7.91. The second-order valence-corrected chi connectivity index (χ2v) is 5.99. The Morgan fingerprint density at radius 1 is 1.53 bits per heavy atom. The number of aliphatic carboxylic acids is 1. The van der Waals surface area contributed by atoms with E-state index in [2.05, 4.69) is 4.84 Å². The summed E-state index contributed by atoms with van der Waals surface area (Å²) in [5.74, 6) is -1.22. The molecule has 1 heterocycles. The van der Waals surface area contributed by atoms with Crippen LogP contribution in [0.1, 0.15) is 6.42 Å². The van der Waals surface area contributed by atoms with Gasteiger partial charge in [0.05, 0.1) is 11.5 Å². The fourth-order valence-electron chi connectivity index (χ4n) is 1.48. The molecule has 0 aromatic heterocycles. The summed E-state index contributed by atoms with van der Waals surface area (Å²) in [5.41, 5.74) is 1.93. The molecule has 0 spiro atoms. The lowest BCUT2D eigenvalue weighted by Gasteiger charge is -2.22. The summed E-state index contributed by atoms with van der Waals surface area (Å²) in [5, 5.41) is 8.28. The number of nitrogens with zero attached hydrogens (tertiary/aromatic N) is 1. The largest absolute Gasteiger partial charge is 0.479 e. The molecule has 0 aromatic rings. The van der Waals surface area contributed by atoms with Crippen molar-refractivity contribution in [1.82, 2.24) is 10.4 Å². The number of carbonyl (C=O) groups is 2. The van der Waals surface area contributed by atoms with Crippen LogP contribution >= 0.6 is 0 Å². The third kappa shape index (κ3) is 4.19. The lowest BCUT2D eigenvalue weighted by Crippen LogP contribution is -2.44. The van der Waals surface area contributed by atoms with E-state index in [-0.39, 0.29) is 11.5 Å². The van der Waals surface area contributed by atoms with Crippen molar-refractivity contribution in [2.24, 2.45) is 0 Å². The SMILES string of the molecule is CN(C(=O)NOCC(=O)O)C1CCS(=O)(=O)C1. The first-order valence-corrected chi connectivity index (χ1v) is 6.71. The minimum Gasteiger partial charge on any atom is -0.479 e. The number of hydrogen-bond acceptors (Lipinski definition) is 5. The van der Waals surface area contributed by atoms with Gasteiger partial charge < -0.3 is 10.0 Å². The molecule has 0 aromatic carbocycles. The van der Waals surface area contributed by atoms with E-state index in [4.69, 9.17) is 5.11 Å². The topological polar surface area (TPSA) is 113 Å². The Morgan fingerprint density at radius 3 is 2.65 bits per heavy atom. The molecule has 9 heteroatoms. The number of carbonyl (C=O) groups excluding carboxylic acids is 1. The molecule has 2 N–H and O–H groups in total. The van der Waals surface area contributed by atoms with Crippen molar-refractivity contribution in [1.29, 1.82) is 0 Å². The van der Waals surface area contributed by atoms with Crippen LogP contribution in [0.2, 0.25) is 0 Å². The van der Waals surface area contributed by atoms with Gasteiger partial charge in [0.1, 0.15) is 0 Å². The van der Waals surface area contributed by atoms with Crippen molar-refractivity contribution in [3.05, 3.63) is 0 Å². The van der Waals surface area contributed by atoms with Crippen molar-refractivity contribution in [3.8, 4) is 0 Å². The summed E-state index contributed by atoms with van der Waals surface area (Å²) in [6, 6.07) is -1.05. The van der Waals surface area contributed by atoms with E-state index < -0.39 is 34.5 Å². The monoisotopic (exact) mass is 266 g/mol. The first-order valence-electron chi connectivity index (χ1n) is 4.88. The van der Waals surface area contributed by atoms with Crippen molar-refractivity contribution in [3.63, 3.8) is 0 Å². The van der Waals surface area contributed by atoms with Gasteiger partial charge in [0, 0.05) is 13.1 Å². The average Bonchev–Trinajstić information content (AvgIpc) is 2.57. The predicted molar refractivity (Wildman–Crippen MR) is 56.9 cm³/mol. The molecule has 1 saturated heterocycles. The number of hydrogen-bond donors (Lipinski definition) is 2. The summed E-state index contributed by atoms with van der Waals surface area (Å²) in [4.78, 5) is 27.1. The lowest BCUT2D eigenvalue weighted by atomic mass is 10.2. The zero-order chi connectivity index (χ0) is 13.1. The molecule has 0 bridgehead atoms. The Morgan fingerprint density at radius 2 is 2.18 bits per heavy atom. The molecule has 1 atom stereocenters. The van der Waals surface area contributed by atoms with Crippen LogP contribution in [0, 0.1) is 0 Å². The highest BCUT2D eigenvalue weighted by Crippen LogP contribution is 2.16. The summed E-state index contributed by atoms with van der Waals surface area (Å²) in [6.45, 7) is -0.650. The molecule has 0 saturated carbocycles. The van der Waals surface area contributed by atoms with Crippen LogP contribution < -0.4 is 5.48 Å². The van der Waals surface area contributed by atoms with Crippen LogP contribution in [0.15, 0.2) is 0 Å². The van der Waals surface area contributed by atoms with Gasteiger partial charge in [0.2, 0.25) is 0 Å². The van der Waals surface area contributed by atoms with Gasteiger partial charge in [0.25, 0.3) is 0 Å². The number of carboxylic acid groups (broad SMARTS) is 1.